The molecule has 0 saturated carbocycles. The first kappa shape index (κ1) is 17.5. The molecule has 122 valence electrons. The summed E-state index contributed by atoms with van der Waals surface area (Å²) in [6, 6.07) is 16.8. The van der Waals surface area contributed by atoms with Gasteiger partial charge in [0, 0.05) is 5.92 Å². The molecule has 3 nitrogen and oxygen atoms in total. The van der Waals surface area contributed by atoms with Crippen molar-refractivity contribution in [3.8, 4) is 11.1 Å². The quantitative estimate of drug-likeness (QED) is 0.585. The first-order chi connectivity index (χ1) is 10.5. The highest BCUT2D eigenvalue weighted by atomic mass is 35.5. The number of rotatable bonds is 4. The highest BCUT2D eigenvalue weighted by Crippen LogP contribution is 2.44. The van der Waals surface area contributed by atoms with Crippen molar-refractivity contribution in [2.24, 2.45) is 0 Å². The lowest BCUT2D eigenvalue weighted by molar-refractivity contribution is -0.862. The lowest BCUT2D eigenvalue weighted by atomic mass is 9.98. The van der Waals surface area contributed by atoms with Crippen LogP contribution in [0.2, 0.25) is 0 Å². The van der Waals surface area contributed by atoms with E-state index in [1.54, 1.807) is 0 Å². The Labute approximate surface area is 143 Å². The van der Waals surface area contributed by atoms with Crippen LogP contribution in [0.25, 0.3) is 11.1 Å². The number of halogens is 1. The van der Waals surface area contributed by atoms with Gasteiger partial charge in [-0.25, -0.2) is 4.79 Å². The topological polar surface area (TPSA) is 26.3 Å². The number of esters is 1. The molecule has 4 heteroatoms. The molecular weight excluding hydrogens is 310 g/mol. The van der Waals surface area contributed by atoms with Gasteiger partial charge in [-0.2, -0.15) is 0 Å². The lowest BCUT2D eigenvalue weighted by Crippen LogP contribution is -3.00. The average molecular weight is 332 g/mol. The zero-order valence-electron chi connectivity index (χ0n) is 13.8. The number of carbonyl (C=O) groups is 1. The first-order valence-corrected chi connectivity index (χ1v) is 7.60. The molecule has 2 aromatic rings. The van der Waals surface area contributed by atoms with E-state index in [2.05, 4.69) is 36.4 Å². The summed E-state index contributed by atoms with van der Waals surface area (Å²) in [6.45, 7) is 0.795. The predicted octanol–water partition coefficient (Wildman–Crippen LogP) is 0.0523. The van der Waals surface area contributed by atoms with E-state index >= 15 is 0 Å². The third-order valence-corrected chi connectivity index (χ3v) is 3.98. The number of fused-ring (bicyclic) bond motifs is 3. The van der Waals surface area contributed by atoms with Gasteiger partial charge in [-0.15, -0.1) is 0 Å². The van der Waals surface area contributed by atoms with Gasteiger partial charge < -0.3 is 21.6 Å². The Morgan fingerprint density at radius 1 is 0.957 bits per heavy atom. The van der Waals surface area contributed by atoms with E-state index in [1.165, 1.54) is 22.3 Å². The molecule has 0 fully saturated rings. The molecule has 0 bridgehead atoms. The maximum absolute atomic E-state index is 12.0. The van der Waals surface area contributed by atoms with Gasteiger partial charge in [-0.05, 0) is 22.3 Å². The molecule has 3 rings (SSSR count). The Balaban J connectivity index is 0.00000192. The van der Waals surface area contributed by atoms with Gasteiger partial charge in [0.25, 0.3) is 0 Å². The fraction of sp³-hybridized carbons (Fsp3) is 0.316. The molecular formula is C19H22ClNO2. The minimum absolute atomic E-state index is 0. The number of carbonyl (C=O) groups excluding carboxylic acids is 1. The van der Waals surface area contributed by atoms with Crippen molar-refractivity contribution in [1.82, 2.24) is 0 Å². The van der Waals surface area contributed by atoms with Gasteiger partial charge in [0.1, 0.15) is 6.61 Å². The second-order valence-corrected chi connectivity index (χ2v) is 6.86. The summed E-state index contributed by atoms with van der Waals surface area (Å²) in [5.41, 5.74) is 5.01. The smallest absolute Gasteiger partial charge is 0.361 e. The van der Waals surface area contributed by atoms with Gasteiger partial charge in [0.2, 0.25) is 0 Å². The van der Waals surface area contributed by atoms with E-state index in [0.29, 0.717) is 17.6 Å². The van der Waals surface area contributed by atoms with Crippen LogP contribution in [0, 0.1) is 0 Å². The van der Waals surface area contributed by atoms with Crippen LogP contribution in [0.1, 0.15) is 17.0 Å². The fourth-order valence-electron chi connectivity index (χ4n) is 3.05. The van der Waals surface area contributed by atoms with Crippen molar-refractivity contribution < 1.29 is 26.4 Å². The summed E-state index contributed by atoms with van der Waals surface area (Å²) >= 11 is 0. The molecule has 0 aliphatic heterocycles. The molecule has 1 aliphatic rings. The van der Waals surface area contributed by atoms with Gasteiger partial charge >= 0.3 is 5.97 Å². The van der Waals surface area contributed by atoms with E-state index in [0.717, 1.165) is 0 Å². The maximum Gasteiger partial charge on any atom is 0.361 e. The Bertz CT molecular complexity index is 661. The number of likely N-dealkylation sites (N-methyl/N-ethyl adjacent to an activating group) is 1. The summed E-state index contributed by atoms with van der Waals surface area (Å²) in [4.78, 5) is 12.0. The van der Waals surface area contributed by atoms with Gasteiger partial charge in [-0.1, -0.05) is 48.5 Å². The third-order valence-electron chi connectivity index (χ3n) is 3.98. The minimum atomic E-state index is -0.144. The zero-order chi connectivity index (χ0) is 15.7. The summed E-state index contributed by atoms with van der Waals surface area (Å²) < 4.78 is 6.14. The summed E-state index contributed by atoms with van der Waals surface area (Å²) in [6.07, 6.45) is 0. The summed E-state index contributed by atoms with van der Waals surface area (Å²) in [5.74, 6) is -0.00168. The molecule has 23 heavy (non-hydrogen) atoms. The highest BCUT2D eigenvalue weighted by molar-refractivity contribution is 5.79. The van der Waals surface area contributed by atoms with Crippen LogP contribution in [0.4, 0.5) is 0 Å². The molecule has 0 unspecified atom stereocenters. The zero-order valence-corrected chi connectivity index (χ0v) is 14.5. The van der Waals surface area contributed by atoms with E-state index in [4.69, 9.17) is 4.74 Å². The van der Waals surface area contributed by atoms with Gasteiger partial charge in [0.05, 0.1) is 21.1 Å². The number of hydrogen-bond acceptors (Lipinski definition) is 2. The van der Waals surface area contributed by atoms with Crippen molar-refractivity contribution in [2.45, 2.75) is 5.92 Å². The van der Waals surface area contributed by atoms with Gasteiger partial charge in [-0.3, -0.25) is 0 Å². The second-order valence-electron chi connectivity index (χ2n) is 6.86. The Kier molecular flexibility index (Phi) is 5.12. The largest absolute Gasteiger partial charge is 1.00 e. The standard InChI is InChI=1S/C19H22NO2.ClH/c1-20(2,3)12-19(21)22-13-18-16-10-6-4-8-14(16)15-9-5-7-11-17(15)18;/h4-11,18H,12-13H2,1-3H3;1H/q+1;/p-1. The molecule has 0 aromatic heterocycles. The van der Waals surface area contributed by atoms with Crippen molar-refractivity contribution in [2.75, 3.05) is 34.3 Å². The Hall–Kier alpha value is -1.84. The number of quaternary nitrogens is 1. The van der Waals surface area contributed by atoms with Crippen LogP contribution in [-0.2, 0) is 9.53 Å². The first-order valence-electron chi connectivity index (χ1n) is 7.60. The van der Waals surface area contributed by atoms with Gasteiger partial charge in [0.15, 0.2) is 6.54 Å². The van der Waals surface area contributed by atoms with E-state index in [-0.39, 0.29) is 24.3 Å². The Morgan fingerprint density at radius 3 is 1.91 bits per heavy atom. The molecule has 0 heterocycles. The van der Waals surface area contributed by atoms with Crippen LogP contribution < -0.4 is 12.4 Å². The fourth-order valence-corrected chi connectivity index (χ4v) is 3.05. The third kappa shape index (κ3) is 3.74. The molecule has 0 radical (unpaired) electrons. The van der Waals surface area contributed by atoms with Crippen molar-refractivity contribution in [1.29, 1.82) is 0 Å². The number of nitrogens with zero attached hydrogens (tertiary/aromatic N) is 1. The van der Waals surface area contributed by atoms with E-state index in [9.17, 15) is 4.79 Å². The molecule has 1 aliphatic carbocycles. The number of ether oxygens (including phenoxy) is 1. The lowest BCUT2D eigenvalue weighted by Gasteiger charge is -2.23. The van der Waals surface area contributed by atoms with Crippen LogP contribution in [0.5, 0.6) is 0 Å². The van der Waals surface area contributed by atoms with Crippen molar-refractivity contribution in [3.05, 3.63) is 59.7 Å². The summed E-state index contributed by atoms with van der Waals surface area (Å²) in [7, 11) is 5.96. The minimum Gasteiger partial charge on any atom is -1.00 e. The van der Waals surface area contributed by atoms with Crippen LogP contribution in [-0.4, -0.2) is 44.7 Å². The number of benzene rings is 2. The normalized spacial score (nSPS) is 13.0. The van der Waals surface area contributed by atoms with Crippen LogP contribution in [0.3, 0.4) is 0 Å². The predicted molar refractivity (Wildman–Crippen MR) is 87.6 cm³/mol. The average Bonchev–Trinajstić information content (AvgIpc) is 2.78. The van der Waals surface area contributed by atoms with Crippen LogP contribution in [0.15, 0.2) is 48.5 Å². The maximum atomic E-state index is 12.0. The molecule has 0 atom stereocenters. The molecule has 0 spiro atoms. The second kappa shape index (κ2) is 6.73. The molecule has 0 saturated heterocycles. The van der Waals surface area contributed by atoms with Crippen LogP contribution >= 0.6 is 0 Å². The number of hydrogen-bond donors (Lipinski definition) is 0. The van der Waals surface area contributed by atoms with E-state index in [1.807, 2.05) is 33.3 Å². The molecule has 2 aromatic carbocycles. The summed E-state index contributed by atoms with van der Waals surface area (Å²) in [5, 5.41) is 0. The van der Waals surface area contributed by atoms with E-state index < -0.39 is 0 Å². The van der Waals surface area contributed by atoms with Crippen molar-refractivity contribution in [3.63, 3.8) is 0 Å². The molecule has 0 amide bonds. The Morgan fingerprint density at radius 2 is 1.43 bits per heavy atom. The molecule has 0 N–H and O–H groups in total. The SMILES string of the molecule is C[N+](C)(C)CC(=O)OCC1c2ccccc2-c2ccccc21.[Cl-]. The highest BCUT2D eigenvalue weighted by Gasteiger charge is 2.29. The monoisotopic (exact) mass is 331 g/mol. The van der Waals surface area contributed by atoms with Crippen molar-refractivity contribution >= 4 is 5.97 Å².